The average molecular weight is 415 g/mol. The molecule has 4 atom stereocenters. The van der Waals surface area contributed by atoms with Crippen molar-refractivity contribution in [1.82, 2.24) is 20.6 Å². The van der Waals surface area contributed by atoms with Gasteiger partial charge in [-0.1, -0.05) is 50.6 Å². The van der Waals surface area contributed by atoms with Gasteiger partial charge in [0.05, 0.1) is 12.4 Å². The Labute approximate surface area is 175 Å². The number of nitrogens with one attached hydrogen (secondary N) is 3. The van der Waals surface area contributed by atoms with Gasteiger partial charge in [-0.05, 0) is 17.9 Å². The first-order valence-electron chi connectivity index (χ1n) is 9.92. The van der Waals surface area contributed by atoms with Gasteiger partial charge < -0.3 is 26.5 Å². The number of hydrogen-bond donors (Lipinski definition) is 5. The van der Waals surface area contributed by atoms with Gasteiger partial charge >= 0.3 is 5.97 Å². The third-order valence-electron chi connectivity index (χ3n) is 5.02. The molecule has 0 saturated heterocycles. The van der Waals surface area contributed by atoms with Gasteiger partial charge in [0.1, 0.15) is 12.1 Å². The molecule has 0 radical (unpaired) electrons. The van der Waals surface area contributed by atoms with Gasteiger partial charge in [0.15, 0.2) is 0 Å². The van der Waals surface area contributed by atoms with Crippen LogP contribution in [0.5, 0.6) is 0 Å². The predicted molar refractivity (Wildman–Crippen MR) is 111 cm³/mol. The first-order chi connectivity index (χ1) is 14.3. The number of imidazole rings is 1. The molecule has 6 N–H and O–H groups in total. The van der Waals surface area contributed by atoms with E-state index in [1.54, 1.807) is 0 Å². The highest BCUT2D eigenvalue weighted by Gasteiger charge is 2.31. The summed E-state index contributed by atoms with van der Waals surface area (Å²) in [5.74, 6) is -2.40. The van der Waals surface area contributed by atoms with Crippen LogP contribution in [0.2, 0.25) is 0 Å². The molecule has 9 nitrogen and oxygen atoms in total. The molecule has 162 valence electrons. The Hall–Kier alpha value is -3.20. The summed E-state index contributed by atoms with van der Waals surface area (Å²) in [6.07, 6.45) is 3.93. The molecule has 0 saturated carbocycles. The number of nitrogens with two attached hydrogens (primary N) is 1. The minimum absolute atomic E-state index is 0.0514. The standard InChI is InChI=1S/C21H29N5O4/c1-3-13(2)18(26-19(27)16(22)9-14-7-5-4-6-8-14)20(28)25-17(21(29)30)10-15-11-23-12-24-15/h4-8,11-13,16-18H,3,9-10,22H2,1-2H3,(H,23,24)(H,25,28)(H,26,27)(H,29,30). The lowest BCUT2D eigenvalue weighted by atomic mass is 9.96. The smallest absolute Gasteiger partial charge is 0.326 e. The SMILES string of the molecule is CCC(C)C(NC(=O)C(N)Cc1ccccc1)C(=O)NC(Cc1cnc[nH]1)C(=O)O. The topological polar surface area (TPSA) is 150 Å². The molecule has 2 aromatic rings. The largest absolute Gasteiger partial charge is 0.480 e. The second kappa shape index (κ2) is 11.1. The Kier molecular flexibility index (Phi) is 8.54. The van der Waals surface area contributed by atoms with E-state index < -0.39 is 35.9 Å². The van der Waals surface area contributed by atoms with E-state index >= 15 is 0 Å². The number of carboxylic acids is 1. The van der Waals surface area contributed by atoms with Gasteiger partial charge in [0.2, 0.25) is 11.8 Å². The summed E-state index contributed by atoms with van der Waals surface area (Å²) in [7, 11) is 0. The van der Waals surface area contributed by atoms with Gasteiger partial charge in [-0.3, -0.25) is 9.59 Å². The number of amides is 2. The lowest BCUT2D eigenvalue weighted by Crippen LogP contribution is -2.57. The summed E-state index contributed by atoms with van der Waals surface area (Å²) in [5, 5.41) is 14.7. The highest BCUT2D eigenvalue weighted by Crippen LogP contribution is 2.10. The Bertz CT molecular complexity index is 825. The minimum Gasteiger partial charge on any atom is -0.480 e. The van der Waals surface area contributed by atoms with Crippen LogP contribution in [-0.4, -0.2) is 51.0 Å². The monoisotopic (exact) mass is 415 g/mol. The molecular formula is C21H29N5O4. The van der Waals surface area contributed by atoms with E-state index in [4.69, 9.17) is 5.73 Å². The molecule has 1 aromatic heterocycles. The number of carbonyl (C=O) groups excluding carboxylic acids is 2. The van der Waals surface area contributed by atoms with Gasteiger partial charge in [0, 0.05) is 18.3 Å². The Morgan fingerprint density at radius 2 is 1.83 bits per heavy atom. The van der Waals surface area contributed by atoms with Crippen LogP contribution in [0.3, 0.4) is 0 Å². The zero-order valence-corrected chi connectivity index (χ0v) is 17.2. The fourth-order valence-corrected chi connectivity index (χ4v) is 3.00. The second-order valence-electron chi connectivity index (χ2n) is 7.35. The number of aromatic amines is 1. The summed E-state index contributed by atoms with van der Waals surface area (Å²) in [4.78, 5) is 43.7. The Morgan fingerprint density at radius 1 is 1.13 bits per heavy atom. The maximum Gasteiger partial charge on any atom is 0.326 e. The number of carbonyl (C=O) groups is 3. The van der Waals surface area contributed by atoms with Crippen molar-refractivity contribution >= 4 is 17.8 Å². The van der Waals surface area contributed by atoms with Crippen molar-refractivity contribution in [2.75, 3.05) is 0 Å². The molecule has 4 unspecified atom stereocenters. The van der Waals surface area contributed by atoms with Crippen LogP contribution in [0.4, 0.5) is 0 Å². The summed E-state index contributed by atoms with van der Waals surface area (Å²) in [6, 6.07) is 6.47. The van der Waals surface area contributed by atoms with Crippen molar-refractivity contribution in [2.45, 2.75) is 51.2 Å². The molecule has 0 bridgehead atoms. The highest BCUT2D eigenvalue weighted by molar-refractivity contribution is 5.92. The van der Waals surface area contributed by atoms with E-state index in [-0.39, 0.29) is 12.3 Å². The van der Waals surface area contributed by atoms with Crippen LogP contribution in [-0.2, 0) is 27.2 Å². The van der Waals surface area contributed by atoms with Gasteiger partial charge in [-0.2, -0.15) is 0 Å². The number of H-pyrrole nitrogens is 1. The van der Waals surface area contributed by atoms with Crippen LogP contribution in [0.1, 0.15) is 31.5 Å². The van der Waals surface area contributed by atoms with Gasteiger partial charge in [0.25, 0.3) is 0 Å². The van der Waals surface area contributed by atoms with Crippen molar-refractivity contribution in [2.24, 2.45) is 11.7 Å². The van der Waals surface area contributed by atoms with E-state index in [0.717, 1.165) is 5.56 Å². The molecule has 9 heteroatoms. The lowest BCUT2D eigenvalue weighted by Gasteiger charge is -2.26. The van der Waals surface area contributed by atoms with Crippen molar-refractivity contribution in [3.8, 4) is 0 Å². The summed E-state index contributed by atoms with van der Waals surface area (Å²) in [5.41, 5.74) is 7.52. The number of benzene rings is 1. The van der Waals surface area contributed by atoms with E-state index in [0.29, 0.717) is 18.5 Å². The Balaban J connectivity index is 2.04. The number of aromatic nitrogens is 2. The van der Waals surface area contributed by atoms with Gasteiger partial charge in [-0.15, -0.1) is 0 Å². The first-order valence-corrected chi connectivity index (χ1v) is 9.92. The highest BCUT2D eigenvalue weighted by atomic mass is 16.4. The van der Waals surface area contributed by atoms with Crippen molar-refractivity contribution in [3.63, 3.8) is 0 Å². The third-order valence-corrected chi connectivity index (χ3v) is 5.02. The molecular weight excluding hydrogens is 386 g/mol. The number of nitrogens with zero attached hydrogens (tertiary/aromatic N) is 1. The van der Waals surface area contributed by atoms with Crippen LogP contribution in [0.25, 0.3) is 0 Å². The zero-order valence-electron chi connectivity index (χ0n) is 17.2. The van der Waals surface area contributed by atoms with Gasteiger partial charge in [-0.25, -0.2) is 9.78 Å². The second-order valence-corrected chi connectivity index (χ2v) is 7.35. The van der Waals surface area contributed by atoms with E-state index in [2.05, 4.69) is 20.6 Å². The molecule has 1 heterocycles. The first kappa shape index (κ1) is 23.1. The minimum atomic E-state index is -1.17. The fourth-order valence-electron chi connectivity index (χ4n) is 3.00. The van der Waals surface area contributed by atoms with Crippen molar-refractivity contribution in [1.29, 1.82) is 0 Å². The molecule has 0 aliphatic carbocycles. The molecule has 2 rings (SSSR count). The van der Waals surface area contributed by atoms with Crippen molar-refractivity contribution in [3.05, 3.63) is 54.1 Å². The number of carboxylic acid groups (broad SMARTS) is 1. The van der Waals surface area contributed by atoms with Crippen LogP contribution < -0.4 is 16.4 Å². The number of aliphatic carboxylic acids is 1. The average Bonchev–Trinajstić information content (AvgIpc) is 3.24. The van der Waals surface area contributed by atoms with Crippen LogP contribution >= 0.6 is 0 Å². The molecule has 1 aromatic carbocycles. The molecule has 0 aliphatic rings. The summed E-state index contributed by atoms with van der Waals surface area (Å²) >= 11 is 0. The molecule has 0 aliphatic heterocycles. The zero-order chi connectivity index (χ0) is 22.1. The summed E-state index contributed by atoms with van der Waals surface area (Å²) < 4.78 is 0. The molecule has 0 spiro atoms. The molecule has 0 fully saturated rings. The predicted octanol–water partition coefficient (Wildman–Crippen LogP) is 0.623. The third kappa shape index (κ3) is 6.70. The maximum atomic E-state index is 12.8. The number of rotatable bonds is 11. The Morgan fingerprint density at radius 3 is 2.40 bits per heavy atom. The number of hydrogen-bond acceptors (Lipinski definition) is 5. The molecule has 30 heavy (non-hydrogen) atoms. The van der Waals surface area contributed by atoms with Crippen LogP contribution in [0.15, 0.2) is 42.9 Å². The van der Waals surface area contributed by atoms with Crippen LogP contribution in [0, 0.1) is 5.92 Å². The van der Waals surface area contributed by atoms with E-state index in [1.807, 2.05) is 44.2 Å². The normalized spacial score (nSPS) is 14.9. The lowest BCUT2D eigenvalue weighted by molar-refractivity contribution is -0.142. The summed E-state index contributed by atoms with van der Waals surface area (Å²) in [6.45, 7) is 3.71. The molecule has 2 amide bonds. The fraction of sp³-hybridized carbons (Fsp3) is 0.429. The van der Waals surface area contributed by atoms with E-state index in [1.165, 1.54) is 12.5 Å². The quantitative estimate of drug-likeness (QED) is 0.363. The maximum absolute atomic E-state index is 12.8. The van der Waals surface area contributed by atoms with E-state index in [9.17, 15) is 19.5 Å². The van der Waals surface area contributed by atoms with Crippen molar-refractivity contribution < 1.29 is 19.5 Å².